The maximum atomic E-state index is 12.1. The summed E-state index contributed by atoms with van der Waals surface area (Å²) in [6.45, 7) is 6.14. The van der Waals surface area contributed by atoms with E-state index in [1.807, 2.05) is 32.0 Å². The van der Waals surface area contributed by atoms with Gasteiger partial charge in [-0.25, -0.2) is 9.97 Å². The SMILES string of the molecule is Cc1ccc(NC(=O)CSc2nc(C)c3c(n2)CCC3)cc1C. The lowest BCUT2D eigenvalue weighted by molar-refractivity contribution is -0.113. The smallest absolute Gasteiger partial charge is 0.234 e. The summed E-state index contributed by atoms with van der Waals surface area (Å²) in [4.78, 5) is 21.2. The van der Waals surface area contributed by atoms with Crippen LogP contribution in [0.2, 0.25) is 0 Å². The van der Waals surface area contributed by atoms with Crippen LogP contribution in [-0.4, -0.2) is 21.6 Å². The van der Waals surface area contributed by atoms with Gasteiger partial charge < -0.3 is 5.32 Å². The topological polar surface area (TPSA) is 54.9 Å². The van der Waals surface area contributed by atoms with E-state index in [1.54, 1.807) is 0 Å². The standard InChI is InChI=1S/C18H21N3OS/c1-11-7-8-14(9-12(11)2)20-17(22)10-23-18-19-13(3)15-5-4-6-16(15)21-18/h7-9H,4-6,10H2,1-3H3,(H,20,22). The lowest BCUT2D eigenvalue weighted by Gasteiger charge is -2.08. The van der Waals surface area contributed by atoms with Crippen LogP contribution in [0, 0.1) is 20.8 Å². The molecule has 1 aromatic heterocycles. The second kappa shape index (κ2) is 6.71. The van der Waals surface area contributed by atoms with E-state index < -0.39 is 0 Å². The molecule has 0 bridgehead atoms. The van der Waals surface area contributed by atoms with Crippen molar-refractivity contribution in [3.05, 3.63) is 46.3 Å². The fourth-order valence-electron chi connectivity index (χ4n) is 2.80. The summed E-state index contributed by atoms with van der Waals surface area (Å²) in [6, 6.07) is 5.94. The Morgan fingerprint density at radius 1 is 1.17 bits per heavy atom. The van der Waals surface area contributed by atoms with Crippen molar-refractivity contribution in [2.45, 2.75) is 45.2 Å². The van der Waals surface area contributed by atoms with Gasteiger partial charge in [-0.05, 0) is 68.9 Å². The highest BCUT2D eigenvalue weighted by Crippen LogP contribution is 2.25. The minimum Gasteiger partial charge on any atom is -0.325 e. The Morgan fingerprint density at radius 2 is 2.00 bits per heavy atom. The molecule has 0 unspecified atom stereocenters. The highest BCUT2D eigenvalue weighted by atomic mass is 32.2. The number of hydrogen-bond donors (Lipinski definition) is 1. The summed E-state index contributed by atoms with van der Waals surface area (Å²) in [6.07, 6.45) is 3.27. The van der Waals surface area contributed by atoms with Crippen LogP contribution in [0.1, 0.15) is 34.5 Å². The van der Waals surface area contributed by atoms with Crippen molar-refractivity contribution < 1.29 is 4.79 Å². The molecule has 1 aromatic carbocycles. The Balaban J connectivity index is 1.61. The van der Waals surface area contributed by atoms with Crippen molar-refractivity contribution in [2.75, 3.05) is 11.1 Å². The van der Waals surface area contributed by atoms with Gasteiger partial charge >= 0.3 is 0 Å². The number of aromatic nitrogens is 2. The van der Waals surface area contributed by atoms with E-state index >= 15 is 0 Å². The fourth-order valence-corrected chi connectivity index (χ4v) is 3.51. The van der Waals surface area contributed by atoms with E-state index in [0.717, 1.165) is 36.3 Å². The minimum absolute atomic E-state index is 0.0278. The molecule has 1 heterocycles. The third-order valence-electron chi connectivity index (χ3n) is 4.24. The Bertz CT molecular complexity index is 758. The third kappa shape index (κ3) is 3.72. The van der Waals surface area contributed by atoms with Crippen molar-refractivity contribution in [2.24, 2.45) is 0 Å². The number of carbonyl (C=O) groups excluding carboxylic acids is 1. The molecule has 1 aliphatic carbocycles. The number of hydrogen-bond acceptors (Lipinski definition) is 4. The summed E-state index contributed by atoms with van der Waals surface area (Å²) in [7, 11) is 0. The van der Waals surface area contributed by atoms with Crippen molar-refractivity contribution in [1.82, 2.24) is 9.97 Å². The second-order valence-electron chi connectivity index (χ2n) is 6.01. The summed E-state index contributed by atoms with van der Waals surface area (Å²) >= 11 is 1.40. The predicted octanol–water partition coefficient (Wildman–Crippen LogP) is 3.62. The highest BCUT2D eigenvalue weighted by Gasteiger charge is 2.17. The summed E-state index contributed by atoms with van der Waals surface area (Å²) < 4.78 is 0. The normalized spacial score (nSPS) is 13.0. The van der Waals surface area contributed by atoms with Crippen LogP contribution < -0.4 is 5.32 Å². The molecule has 1 amide bonds. The van der Waals surface area contributed by atoms with E-state index in [4.69, 9.17) is 0 Å². The Hall–Kier alpha value is -1.88. The van der Waals surface area contributed by atoms with Crippen molar-refractivity contribution in [1.29, 1.82) is 0 Å². The maximum Gasteiger partial charge on any atom is 0.234 e. The molecule has 5 heteroatoms. The molecule has 0 radical (unpaired) electrons. The average molecular weight is 327 g/mol. The molecule has 0 fully saturated rings. The van der Waals surface area contributed by atoms with E-state index in [-0.39, 0.29) is 5.91 Å². The minimum atomic E-state index is -0.0278. The first-order valence-electron chi connectivity index (χ1n) is 7.89. The number of anilines is 1. The molecule has 4 nitrogen and oxygen atoms in total. The number of aryl methyl sites for hydroxylation is 4. The van der Waals surface area contributed by atoms with Crippen LogP contribution in [0.4, 0.5) is 5.69 Å². The van der Waals surface area contributed by atoms with Gasteiger partial charge in [-0.1, -0.05) is 17.8 Å². The quantitative estimate of drug-likeness (QED) is 0.688. The van der Waals surface area contributed by atoms with Gasteiger partial charge in [-0.3, -0.25) is 4.79 Å². The van der Waals surface area contributed by atoms with Gasteiger partial charge in [0, 0.05) is 17.1 Å². The number of carbonyl (C=O) groups is 1. The molecule has 0 saturated carbocycles. The van der Waals surface area contributed by atoms with Crippen molar-refractivity contribution in [3.63, 3.8) is 0 Å². The molecule has 120 valence electrons. The van der Waals surface area contributed by atoms with Crippen LogP contribution in [0.3, 0.4) is 0 Å². The van der Waals surface area contributed by atoms with E-state index in [1.165, 1.54) is 28.5 Å². The molecule has 23 heavy (non-hydrogen) atoms. The monoisotopic (exact) mass is 327 g/mol. The first-order chi connectivity index (χ1) is 11.0. The number of benzene rings is 1. The van der Waals surface area contributed by atoms with Gasteiger partial charge in [0.2, 0.25) is 5.91 Å². The zero-order valence-electron chi connectivity index (χ0n) is 13.8. The Morgan fingerprint density at radius 3 is 2.78 bits per heavy atom. The molecule has 1 aliphatic rings. The average Bonchev–Trinajstić information content (AvgIpc) is 2.98. The van der Waals surface area contributed by atoms with Gasteiger partial charge in [-0.15, -0.1) is 0 Å². The van der Waals surface area contributed by atoms with Gasteiger partial charge in [0.25, 0.3) is 0 Å². The zero-order chi connectivity index (χ0) is 16.4. The summed E-state index contributed by atoms with van der Waals surface area (Å²) in [5.41, 5.74) is 6.75. The van der Waals surface area contributed by atoms with Crippen LogP contribution in [0.25, 0.3) is 0 Å². The third-order valence-corrected chi connectivity index (χ3v) is 5.09. The van der Waals surface area contributed by atoms with Crippen LogP contribution >= 0.6 is 11.8 Å². The Kier molecular flexibility index (Phi) is 4.66. The second-order valence-corrected chi connectivity index (χ2v) is 6.95. The summed E-state index contributed by atoms with van der Waals surface area (Å²) in [5.74, 6) is 0.297. The first kappa shape index (κ1) is 16.0. The molecular weight excluding hydrogens is 306 g/mol. The summed E-state index contributed by atoms with van der Waals surface area (Å²) in [5, 5.41) is 3.64. The lowest BCUT2D eigenvalue weighted by atomic mass is 10.1. The maximum absolute atomic E-state index is 12.1. The molecular formula is C18H21N3OS. The van der Waals surface area contributed by atoms with E-state index in [9.17, 15) is 4.79 Å². The molecule has 2 aromatic rings. The molecule has 0 saturated heterocycles. The van der Waals surface area contributed by atoms with Gasteiger partial charge in [-0.2, -0.15) is 0 Å². The highest BCUT2D eigenvalue weighted by molar-refractivity contribution is 7.99. The Labute approximate surface area is 141 Å². The number of nitrogens with one attached hydrogen (secondary N) is 1. The van der Waals surface area contributed by atoms with Crippen LogP contribution in [-0.2, 0) is 17.6 Å². The molecule has 1 N–H and O–H groups in total. The molecule has 0 aliphatic heterocycles. The predicted molar refractivity (Wildman–Crippen MR) is 94.1 cm³/mol. The number of rotatable bonds is 4. The largest absolute Gasteiger partial charge is 0.325 e. The number of amides is 1. The molecule has 0 spiro atoms. The molecule has 3 rings (SSSR count). The lowest BCUT2D eigenvalue weighted by Crippen LogP contribution is -2.14. The molecule has 0 atom stereocenters. The zero-order valence-corrected chi connectivity index (χ0v) is 14.6. The fraction of sp³-hybridized carbons (Fsp3) is 0.389. The number of fused-ring (bicyclic) bond motifs is 1. The van der Waals surface area contributed by atoms with Crippen LogP contribution in [0.15, 0.2) is 23.4 Å². The van der Waals surface area contributed by atoms with Gasteiger partial charge in [0.05, 0.1) is 5.75 Å². The van der Waals surface area contributed by atoms with Crippen molar-refractivity contribution >= 4 is 23.4 Å². The van der Waals surface area contributed by atoms with Crippen molar-refractivity contribution in [3.8, 4) is 0 Å². The van der Waals surface area contributed by atoms with E-state index in [0.29, 0.717) is 10.9 Å². The first-order valence-corrected chi connectivity index (χ1v) is 8.88. The van der Waals surface area contributed by atoms with E-state index in [2.05, 4.69) is 22.2 Å². The number of thioether (sulfide) groups is 1. The number of nitrogens with zero attached hydrogens (tertiary/aromatic N) is 2. The van der Waals surface area contributed by atoms with Gasteiger partial charge in [0.1, 0.15) is 0 Å². The van der Waals surface area contributed by atoms with Gasteiger partial charge in [0.15, 0.2) is 5.16 Å². The van der Waals surface area contributed by atoms with Crippen LogP contribution in [0.5, 0.6) is 0 Å².